The van der Waals surface area contributed by atoms with Crippen LogP contribution in [-0.4, -0.2) is 53.0 Å². The van der Waals surface area contributed by atoms with Crippen LogP contribution in [0.15, 0.2) is 24.3 Å². The Hall–Kier alpha value is -2.46. The van der Waals surface area contributed by atoms with E-state index < -0.39 is 0 Å². The van der Waals surface area contributed by atoms with Crippen LogP contribution >= 0.6 is 0 Å². The first-order chi connectivity index (χ1) is 12.2. The van der Waals surface area contributed by atoms with Gasteiger partial charge >= 0.3 is 0 Å². The zero-order chi connectivity index (χ0) is 17.6. The molecule has 136 valence electrons. The summed E-state index contributed by atoms with van der Waals surface area (Å²) in [6.07, 6.45) is 6.06. The molecule has 0 bridgehead atoms. The van der Waals surface area contributed by atoms with E-state index in [1.54, 1.807) is 0 Å². The van der Waals surface area contributed by atoms with Gasteiger partial charge in [0.05, 0.1) is 17.1 Å². The SMILES string of the molecule is CCN1C=C(CN(Cc2cn(CC)nn2)Cc2cn(CC)nn2)NN1. The minimum atomic E-state index is 0.699. The molecule has 2 aromatic heterocycles. The maximum absolute atomic E-state index is 4.26. The number of rotatable bonds is 9. The van der Waals surface area contributed by atoms with Crippen LogP contribution < -0.4 is 11.0 Å². The molecule has 1 aliphatic heterocycles. The van der Waals surface area contributed by atoms with Crippen LogP contribution in [0.25, 0.3) is 0 Å². The second-order valence-electron chi connectivity index (χ2n) is 5.95. The monoisotopic (exact) mass is 346 g/mol. The predicted octanol–water partition coefficient (Wildman–Crippen LogP) is 0.0977. The number of hydrogen-bond acceptors (Lipinski definition) is 8. The van der Waals surface area contributed by atoms with Crippen LogP contribution in [0.4, 0.5) is 0 Å². The molecule has 3 heterocycles. The van der Waals surface area contributed by atoms with Crippen molar-refractivity contribution in [3.63, 3.8) is 0 Å². The Kier molecular flexibility index (Phi) is 5.61. The van der Waals surface area contributed by atoms with Gasteiger partial charge in [-0.15, -0.1) is 15.7 Å². The molecule has 0 aliphatic carbocycles. The molecule has 1 aliphatic rings. The molecule has 0 saturated carbocycles. The standard InChI is InChI=1S/C15H26N10/c1-4-23-10-13(16-19-23)7-22(8-14-11-24(5-2)20-17-14)9-15-12-25(6-3)21-18-15/h10-12,16,19H,4-9H2,1-3H3. The van der Waals surface area contributed by atoms with Gasteiger partial charge in [-0.25, -0.2) is 0 Å². The molecule has 2 aromatic rings. The fourth-order valence-corrected chi connectivity index (χ4v) is 2.64. The lowest BCUT2D eigenvalue weighted by molar-refractivity contribution is 0.258. The number of aromatic nitrogens is 6. The first kappa shape index (κ1) is 17.4. The summed E-state index contributed by atoms with van der Waals surface area (Å²) in [7, 11) is 0. The fraction of sp³-hybridized carbons (Fsp3) is 0.600. The minimum absolute atomic E-state index is 0.699. The van der Waals surface area contributed by atoms with Gasteiger partial charge in [0.15, 0.2) is 0 Å². The van der Waals surface area contributed by atoms with Gasteiger partial charge in [-0.1, -0.05) is 10.4 Å². The normalized spacial score (nSPS) is 14.2. The minimum Gasteiger partial charge on any atom is -0.305 e. The summed E-state index contributed by atoms with van der Waals surface area (Å²) in [5.41, 5.74) is 9.32. The zero-order valence-corrected chi connectivity index (χ0v) is 15.1. The van der Waals surface area contributed by atoms with Crippen molar-refractivity contribution in [1.29, 1.82) is 0 Å². The van der Waals surface area contributed by atoms with Crippen molar-refractivity contribution < 1.29 is 0 Å². The van der Waals surface area contributed by atoms with Gasteiger partial charge in [0, 0.05) is 57.9 Å². The molecule has 3 rings (SSSR count). The Morgan fingerprint density at radius 1 is 0.880 bits per heavy atom. The molecule has 25 heavy (non-hydrogen) atoms. The van der Waals surface area contributed by atoms with Crippen molar-refractivity contribution in [3.8, 4) is 0 Å². The van der Waals surface area contributed by atoms with Gasteiger partial charge in [0.1, 0.15) is 0 Å². The highest BCUT2D eigenvalue weighted by atomic mass is 15.7. The van der Waals surface area contributed by atoms with Gasteiger partial charge in [-0.3, -0.25) is 19.3 Å². The summed E-state index contributed by atoms with van der Waals surface area (Å²) in [5, 5.41) is 18.8. The van der Waals surface area contributed by atoms with Gasteiger partial charge in [0.25, 0.3) is 0 Å². The van der Waals surface area contributed by atoms with Crippen molar-refractivity contribution in [3.05, 3.63) is 35.7 Å². The summed E-state index contributed by atoms with van der Waals surface area (Å²) in [5.74, 6) is 0. The van der Waals surface area contributed by atoms with Crippen LogP contribution in [0.2, 0.25) is 0 Å². The fourth-order valence-electron chi connectivity index (χ4n) is 2.64. The molecule has 10 heteroatoms. The summed E-state index contributed by atoms with van der Waals surface area (Å²) in [6, 6.07) is 0. The topological polar surface area (TPSA) is 92.0 Å². The first-order valence-corrected chi connectivity index (χ1v) is 8.69. The molecular weight excluding hydrogens is 320 g/mol. The Labute approximate surface area is 147 Å². The van der Waals surface area contributed by atoms with E-state index in [1.165, 1.54) is 0 Å². The van der Waals surface area contributed by atoms with Crippen molar-refractivity contribution in [1.82, 2.24) is 50.9 Å². The number of hydrogen-bond donors (Lipinski definition) is 2. The van der Waals surface area contributed by atoms with Gasteiger partial charge in [-0.05, 0) is 20.8 Å². The van der Waals surface area contributed by atoms with Gasteiger partial charge < -0.3 is 5.43 Å². The number of nitrogens with zero attached hydrogens (tertiary/aromatic N) is 8. The second-order valence-corrected chi connectivity index (χ2v) is 5.95. The molecule has 0 radical (unpaired) electrons. The summed E-state index contributed by atoms with van der Waals surface area (Å²) in [6.45, 7) is 10.9. The molecule has 0 fully saturated rings. The summed E-state index contributed by atoms with van der Waals surface area (Å²) in [4.78, 5) is 2.27. The van der Waals surface area contributed by atoms with E-state index in [1.807, 2.05) is 26.8 Å². The summed E-state index contributed by atoms with van der Waals surface area (Å²) < 4.78 is 3.68. The lowest BCUT2D eigenvalue weighted by atomic mass is 10.3. The molecule has 2 N–H and O–H groups in total. The Bertz CT molecular complexity index is 658. The van der Waals surface area contributed by atoms with E-state index in [2.05, 4.69) is 63.5 Å². The Morgan fingerprint density at radius 3 is 1.92 bits per heavy atom. The third-order valence-electron chi connectivity index (χ3n) is 4.00. The molecule has 0 unspecified atom stereocenters. The average molecular weight is 346 g/mol. The molecule has 10 nitrogen and oxygen atoms in total. The second kappa shape index (κ2) is 8.08. The van der Waals surface area contributed by atoms with E-state index in [0.717, 1.165) is 43.3 Å². The lowest BCUT2D eigenvalue weighted by Crippen LogP contribution is -2.38. The van der Waals surface area contributed by atoms with Crippen LogP contribution in [0, 0.1) is 0 Å². The first-order valence-electron chi connectivity index (χ1n) is 8.69. The van der Waals surface area contributed by atoms with E-state index >= 15 is 0 Å². The van der Waals surface area contributed by atoms with Crippen molar-refractivity contribution in [2.24, 2.45) is 0 Å². The van der Waals surface area contributed by atoms with Crippen LogP contribution in [-0.2, 0) is 26.2 Å². The van der Waals surface area contributed by atoms with Crippen LogP contribution in [0.1, 0.15) is 32.2 Å². The average Bonchev–Trinajstić information content (AvgIpc) is 3.35. The molecular formula is C15H26N10. The third kappa shape index (κ3) is 4.54. The lowest BCUT2D eigenvalue weighted by Gasteiger charge is -2.20. The maximum Gasteiger partial charge on any atom is 0.0967 e. The highest BCUT2D eigenvalue weighted by Crippen LogP contribution is 2.10. The zero-order valence-electron chi connectivity index (χ0n) is 15.1. The summed E-state index contributed by atoms with van der Waals surface area (Å²) >= 11 is 0. The smallest absolute Gasteiger partial charge is 0.0967 e. The third-order valence-corrected chi connectivity index (χ3v) is 4.00. The molecule has 0 spiro atoms. The predicted molar refractivity (Wildman–Crippen MR) is 92.2 cm³/mol. The highest BCUT2D eigenvalue weighted by molar-refractivity contribution is 5.06. The number of hydrazine groups is 2. The molecule has 0 atom stereocenters. The molecule has 0 saturated heterocycles. The maximum atomic E-state index is 4.26. The van der Waals surface area contributed by atoms with E-state index in [0.29, 0.717) is 13.1 Å². The molecule has 0 aromatic carbocycles. The van der Waals surface area contributed by atoms with E-state index in [4.69, 9.17) is 0 Å². The highest BCUT2D eigenvalue weighted by Gasteiger charge is 2.17. The Morgan fingerprint density at radius 2 is 1.48 bits per heavy atom. The van der Waals surface area contributed by atoms with Crippen molar-refractivity contribution >= 4 is 0 Å². The molecule has 0 amide bonds. The van der Waals surface area contributed by atoms with Crippen molar-refractivity contribution in [2.75, 3.05) is 13.1 Å². The van der Waals surface area contributed by atoms with Crippen LogP contribution in [0.3, 0.4) is 0 Å². The quantitative estimate of drug-likeness (QED) is 0.660. The van der Waals surface area contributed by atoms with E-state index in [-0.39, 0.29) is 0 Å². The van der Waals surface area contributed by atoms with E-state index in [9.17, 15) is 0 Å². The van der Waals surface area contributed by atoms with Gasteiger partial charge in [0.2, 0.25) is 0 Å². The Balaban J connectivity index is 1.70. The van der Waals surface area contributed by atoms with Gasteiger partial charge in [-0.2, -0.15) is 0 Å². The number of nitrogens with one attached hydrogen (secondary N) is 2. The van der Waals surface area contributed by atoms with Crippen LogP contribution in [0.5, 0.6) is 0 Å². The van der Waals surface area contributed by atoms with Crippen molar-refractivity contribution in [2.45, 2.75) is 47.0 Å². The largest absolute Gasteiger partial charge is 0.305 e. The number of aryl methyl sites for hydroxylation is 2.